The number of amides is 1. The minimum absolute atomic E-state index is 0.126. The smallest absolute Gasteiger partial charge is 0.251 e. The number of hydrogen-bond donors (Lipinski definition) is 1. The van der Waals surface area contributed by atoms with Gasteiger partial charge < -0.3 is 5.32 Å². The zero-order valence-corrected chi connectivity index (χ0v) is 15.9. The van der Waals surface area contributed by atoms with Gasteiger partial charge in [0.1, 0.15) is 0 Å². The molecule has 1 aromatic heterocycles. The molecule has 130 valence electrons. The van der Waals surface area contributed by atoms with Gasteiger partial charge in [-0.25, -0.2) is 4.98 Å². The number of carbonyl (C=O) groups is 1. The van der Waals surface area contributed by atoms with Gasteiger partial charge in [0, 0.05) is 28.1 Å². The van der Waals surface area contributed by atoms with Gasteiger partial charge in [-0.3, -0.25) is 4.79 Å². The molecule has 0 radical (unpaired) electrons. The van der Waals surface area contributed by atoms with Gasteiger partial charge in [0.25, 0.3) is 5.91 Å². The summed E-state index contributed by atoms with van der Waals surface area (Å²) in [5.74, 6) is 0.699. The number of benzene rings is 2. The highest BCUT2D eigenvalue weighted by atomic mass is 32.2. The number of nitrogens with one attached hydrogen (secondary N) is 1. The number of carbonyl (C=O) groups excluding carboxylic acids is 1. The first-order valence-corrected chi connectivity index (χ1v) is 9.91. The van der Waals surface area contributed by atoms with E-state index in [-0.39, 0.29) is 5.91 Å². The van der Waals surface area contributed by atoms with Crippen molar-refractivity contribution in [3.63, 3.8) is 0 Å². The van der Waals surface area contributed by atoms with E-state index in [1.807, 2.05) is 43.3 Å². The molecule has 0 aliphatic carbocycles. The van der Waals surface area contributed by atoms with Crippen LogP contribution >= 0.6 is 23.1 Å². The van der Waals surface area contributed by atoms with Crippen LogP contribution in [0.2, 0.25) is 0 Å². The van der Waals surface area contributed by atoms with Crippen LogP contribution in [0.4, 0.5) is 0 Å². The average Bonchev–Trinajstić information content (AvgIpc) is 3.10. The third kappa shape index (κ3) is 4.94. The van der Waals surface area contributed by atoms with Crippen LogP contribution in [0.15, 0.2) is 58.8 Å². The predicted molar refractivity (Wildman–Crippen MR) is 105 cm³/mol. The second kappa shape index (κ2) is 8.65. The van der Waals surface area contributed by atoms with E-state index in [0.29, 0.717) is 17.7 Å². The van der Waals surface area contributed by atoms with Gasteiger partial charge in [-0.1, -0.05) is 12.1 Å². The summed E-state index contributed by atoms with van der Waals surface area (Å²) in [6.45, 7) is 2.40. The summed E-state index contributed by atoms with van der Waals surface area (Å²) in [7, 11) is 0. The molecule has 26 heavy (non-hydrogen) atoms. The Hall–Kier alpha value is -2.62. The lowest BCUT2D eigenvalue weighted by molar-refractivity contribution is 0.0951. The highest BCUT2D eigenvalue weighted by Gasteiger charge is 2.06. The molecule has 2 aromatic carbocycles. The van der Waals surface area contributed by atoms with Gasteiger partial charge in [-0.15, -0.1) is 23.1 Å². The number of thiazole rings is 1. The second-order valence-electron chi connectivity index (χ2n) is 5.67. The molecule has 0 aliphatic rings. The molecule has 0 fully saturated rings. The Morgan fingerprint density at radius 3 is 2.77 bits per heavy atom. The quantitative estimate of drug-likeness (QED) is 0.638. The van der Waals surface area contributed by atoms with Crippen molar-refractivity contribution in [2.75, 3.05) is 0 Å². The number of aryl methyl sites for hydroxylation is 1. The molecule has 0 atom stereocenters. The highest BCUT2D eigenvalue weighted by molar-refractivity contribution is 7.98. The maximum atomic E-state index is 12.3. The first-order chi connectivity index (χ1) is 12.6. The molecule has 0 saturated heterocycles. The average molecular weight is 380 g/mol. The number of rotatable bonds is 6. The Bertz CT molecular complexity index is 942. The van der Waals surface area contributed by atoms with Crippen molar-refractivity contribution < 1.29 is 4.79 Å². The topological polar surface area (TPSA) is 65.8 Å². The lowest BCUT2D eigenvalue weighted by Gasteiger charge is -2.07. The Labute approximate surface area is 160 Å². The van der Waals surface area contributed by atoms with E-state index in [9.17, 15) is 4.79 Å². The minimum atomic E-state index is -0.126. The van der Waals surface area contributed by atoms with Gasteiger partial charge in [-0.05, 0) is 48.9 Å². The fourth-order valence-electron chi connectivity index (χ4n) is 2.37. The van der Waals surface area contributed by atoms with Gasteiger partial charge in [0.2, 0.25) is 0 Å². The minimum Gasteiger partial charge on any atom is -0.348 e. The van der Waals surface area contributed by atoms with E-state index in [2.05, 4.69) is 21.8 Å². The summed E-state index contributed by atoms with van der Waals surface area (Å²) in [6, 6.07) is 16.9. The van der Waals surface area contributed by atoms with E-state index >= 15 is 0 Å². The van der Waals surface area contributed by atoms with Crippen LogP contribution in [0.25, 0.3) is 0 Å². The Kier molecular flexibility index (Phi) is 6.05. The maximum Gasteiger partial charge on any atom is 0.251 e. The van der Waals surface area contributed by atoms with Crippen molar-refractivity contribution in [2.45, 2.75) is 24.1 Å². The third-order valence-corrected chi connectivity index (χ3v) is 5.55. The zero-order valence-electron chi connectivity index (χ0n) is 14.2. The lowest BCUT2D eigenvalue weighted by atomic mass is 10.1. The summed E-state index contributed by atoms with van der Waals surface area (Å²) in [4.78, 5) is 17.8. The summed E-state index contributed by atoms with van der Waals surface area (Å²) in [5.41, 5.74) is 3.20. The second-order valence-corrected chi connectivity index (χ2v) is 7.78. The molecule has 1 heterocycles. The van der Waals surface area contributed by atoms with Crippen LogP contribution < -0.4 is 5.32 Å². The monoisotopic (exact) mass is 379 g/mol. The number of nitrogens with zero attached hydrogens (tertiary/aromatic N) is 2. The number of hydrogen-bond acceptors (Lipinski definition) is 5. The molecule has 0 aliphatic heterocycles. The van der Waals surface area contributed by atoms with Crippen LogP contribution in [0.3, 0.4) is 0 Å². The fourth-order valence-corrected chi connectivity index (χ4v) is 3.88. The Morgan fingerprint density at radius 1 is 1.27 bits per heavy atom. The van der Waals surface area contributed by atoms with E-state index < -0.39 is 0 Å². The summed E-state index contributed by atoms with van der Waals surface area (Å²) >= 11 is 3.36. The fraction of sp³-hybridized carbons (Fsp3) is 0.150. The van der Waals surface area contributed by atoms with Crippen molar-refractivity contribution in [2.24, 2.45) is 0 Å². The van der Waals surface area contributed by atoms with Crippen molar-refractivity contribution in [3.8, 4) is 6.07 Å². The molecule has 3 aromatic rings. The Balaban J connectivity index is 1.54. The molecular formula is C20H17N3OS2. The van der Waals surface area contributed by atoms with Crippen LogP contribution in [0.5, 0.6) is 0 Å². The standard InChI is InChI=1S/C20H17N3OS2/c1-14-23-18(12-25-14)13-26-19-7-5-17(6-8-19)20(24)22-11-16-4-2-3-15(9-16)10-21/h2-9,12H,11,13H2,1H3,(H,22,24). The van der Waals surface area contributed by atoms with Crippen molar-refractivity contribution in [3.05, 3.63) is 81.3 Å². The van der Waals surface area contributed by atoms with E-state index in [1.54, 1.807) is 35.2 Å². The number of thioether (sulfide) groups is 1. The third-order valence-electron chi connectivity index (χ3n) is 3.68. The number of nitriles is 1. The van der Waals surface area contributed by atoms with E-state index in [4.69, 9.17) is 5.26 Å². The van der Waals surface area contributed by atoms with E-state index in [0.717, 1.165) is 26.9 Å². The van der Waals surface area contributed by atoms with Crippen LogP contribution in [0.1, 0.15) is 32.2 Å². The number of aromatic nitrogens is 1. The van der Waals surface area contributed by atoms with Crippen molar-refractivity contribution in [1.82, 2.24) is 10.3 Å². The molecule has 0 saturated carbocycles. The van der Waals surface area contributed by atoms with Gasteiger partial charge in [0.05, 0.1) is 22.3 Å². The molecular weight excluding hydrogens is 362 g/mol. The zero-order chi connectivity index (χ0) is 18.4. The largest absolute Gasteiger partial charge is 0.348 e. The summed E-state index contributed by atoms with van der Waals surface area (Å²) in [5, 5.41) is 15.0. The molecule has 4 nitrogen and oxygen atoms in total. The molecule has 1 N–H and O–H groups in total. The molecule has 6 heteroatoms. The van der Waals surface area contributed by atoms with Crippen LogP contribution in [0, 0.1) is 18.3 Å². The summed E-state index contributed by atoms with van der Waals surface area (Å²) in [6.07, 6.45) is 0. The molecule has 0 unspecified atom stereocenters. The first kappa shape index (κ1) is 18.2. The van der Waals surface area contributed by atoms with Crippen molar-refractivity contribution >= 4 is 29.0 Å². The first-order valence-electron chi connectivity index (χ1n) is 8.05. The van der Waals surface area contributed by atoms with Gasteiger partial charge in [-0.2, -0.15) is 5.26 Å². The lowest BCUT2D eigenvalue weighted by Crippen LogP contribution is -2.22. The Morgan fingerprint density at radius 2 is 2.08 bits per heavy atom. The summed E-state index contributed by atoms with van der Waals surface area (Å²) < 4.78 is 0. The molecule has 0 spiro atoms. The van der Waals surface area contributed by atoms with Crippen molar-refractivity contribution in [1.29, 1.82) is 5.26 Å². The molecule has 1 amide bonds. The van der Waals surface area contributed by atoms with Gasteiger partial charge in [0.15, 0.2) is 0 Å². The van der Waals surface area contributed by atoms with Gasteiger partial charge >= 0.3 is 0 Å². The normalized spacial score (nSPS) is 10.3. The van der Waals surface area contributed by atoms with Crippen LogP contribution in [-0.2, 0) is 12.3 Å². The van der Waals surface area contributed by atoms with Crippen LogP contribution in [-0.4, -0.2) is 10.9 Å². The highest BCUT2D eigenvalue weighted by Crippen LogP contribution is 2.23. The molecule has 0 bridgehead atoms. The maximum absolute atomic E-state index is 12.3. The predicted octanol–water partition coefficient (Wildman–Crippen LogP) is 4.55. The SMILES string of the molecule is Cc1nc(CSc2ccc(C(=O)NCc3cccc(C#N)c3)cc2)cs1. The van der Waals surface area contributed by atoms with E-state index in [1.165, 1.54) is 0 Å². The molecule has 3 rings (SSSR count).